The van der Waals surface area contributed by atoms with Gasteiger partial charge in [0.25, 0.3) is 0 Å². The van der Waals surface area contributed by atoms with Crippen LogP contribution in [0.2, 0.25) is 0 Å². The highest BCUT2D eigenvalue weighted by atomic mass is 127. The average Bonchev–Trinajstić information content (AvgIpc) is 3.04. The number of guanidine groups is 1. The van der Waals surface area contributed by atoms with Crippen molar-refractivity contribution in [1.82, 2.24) is 15.5 Å². The number of nitrogens with zero attached hydrogens (tertiary/aromatic N) is 2. The third kappa shape index (κ3) is 6.39. The highest BCUT2D eigenvalue weighted by Gasteiger charge is 2.22. The molecule has 3 rings (SSSR count). The Hall–Kier alpha value is -1.80. The van der Waals surface area contributed by atoms with Gasteiger partial charge in [-0.1, -0.05) is 42.5 Å². The van der Waals surface area contributed by atoms with Crippen LogP contribution in [0.4, 0.5) is 0 Å². The van der Waals surface area contributed by atoms with Crippen molar-refractivity contribution in [1.29, 1.82) is 0 Å². The van der Waals surface area contributed by atoms with E-state index in [9.17, 15) is 0 Å². The minimum atomic E-state index is 0. The molecule has 1 heterocycles. The zero-order chi connectivity index (χ0) is 18.4. The number of rotatable bonds is 6. The van der Waals surface area contributed by atoms with Crippen LogP contribution < -0.4 is 15.4 Å². The maximum atomic E-state index is 5.97. The molecule has 0 saturated carbocycles. The fourth-order valence-corrected chi connectivity index (χ4v) is 3.19. The molecule has 1 atom stereocenters. The number of hydrogen-bond acceptors (Lipinski definition) is 3. The summed E-state index contributed by atoms with van der Waals surface area (Å²) >= 11 is 0. The van der Waals surface area contributed by atoms with Crippen LogP contribution in [0.3, 0.4) is 0 Å². The lowest BCUT2D eigenvalue weighted by Crippen LogP contribution is -2.41. The second kappa shape index (κ2) is 10.5. The normalized spacial score (nSPS) is 15.7. The van der Waals surface area contributed by atoms with Crippen LogP contribution >= 0.6 is 24.0 Å². The Balaban J connectivity index is 0.00000261. The first-order valence-corrected chi connectivity index (χ1v) is 9.05. The number of fused-ring (bicyclic) bond motifs is 1. The third-order valence-electron chi connectivity index (χ3n) is 4.38. The molecule has 1 aliphatic rings. The molecular weight excluding hydrogens is 451 g/mol. The van der Waals surface area contributed by atoms with Crippen LogP contribution in [0.15, 0.2) is 53.5 Å². The molecule has 1 unspecified atom stereocenters. The predicted molar refractivity (Wildman–Crippen MR) is 122 cm³/mol. The summed E-state index contributed by atoms with van der Waals surface area (Å²) in [6.45, 7) is 2.42. The Morgan fingerprint density at radius 2 is 1.89 bits per heavy atom. The largest absolute Gasteiger partial charge is 0.488 e. The first-order chi connectivity index (χ1) is 12.6. The molecule has 2 aromatic rings. The smallest absolute Gasteiger partial charge is 0.191 e. The van der Waals surface area contributed by atoms with Gasteiger partial charge in [-0.2, -0.15) is 0 Å². The van der Waals surface area contributed by atoms with E-state index in [1.165, 1.54) is 16.7 Å². The van der Waals surface area contributed by atoms with Crippen molar-refractivity contribution in [3.63, 3.8) is 0 Å². The van der Waals surface area contributed by atoms with Crippen molar-refractivity contribution >= 4 is 29.9 Å². The highest BCUT2D eigenvalue weighted by molar-refractivity contribution is 14.0. The summed E-state index contributed by atoms with van der Waals surface area (Å²) in [6.07, 6.45) is 1.08. The number of hydrogen-bond donors (Lipinski definition) is 2. The molecule has 0 amide bonds. The Labute approximate surface area is 179 Å². The SMILES string of the molecule is CN=C(NCc1cccc(CN(C)C)c1)NCC1Cc2ccccc2O1.I. The van der Waals surface area contributed by atoms with E-state index in [1.54, 1.807) is 7.05 Å². The van der Waals surface area contributed by atoms with Gasteiger partial charge in [-0.3, -0.25) is 4.99 Å². The van der Waals surface area contributed by atoms with E-state index in [0.717, 1.165) is 37.8 Å². The summed E-state index contributed by atoms with van der Waals surface area (Å²) < 4.78 is 5.97. The van der Waals surface area contributed by atoms with Crippen LogP contribution in [0, 0.1) is 0 Å². The number of para-hydroxylation sites is 1. The summed E-state index contributed by atoms with van der Waals surface area (Å²) in [5.41, 5.74) is 3.84. The zero-order valence-electron chi connectivity index (χ0n) is 16.2. The van der Waals surface area contributed by atoms with Gasteiger partial charge >= 0.3 is 0 Å². The van der Waals surface area contributed by atoms with Crippen LogP contribution in [-0.4, -0.2) is 44.7 Å². The van der Waals surface area contributed by atoms with E-state index in [0.29, 0.717) is 0 Å². The van der Waals surface area contributed by atoms with Crippen LogP contribution in [0.5, 0.6) is 5.75 Å². The number of aliphatic imine (C=N–C) groups is 1. The molecule has 0 radical (unpaired) electrons. The standard InChI is InChI=1S/C21H28N4O.HI/c1-22-21(23-13-16-7-6-8-17(11-16)15-25(2)3)24-14-19-12-18-9-4-5-10-20(18)26-19;/h4-11,19H,12-15H2,1-3H3,(H2,22,23,24);1H. The lowest BCUT2D eigenvalue weighted by Gasteiger charge is -2.16. The molecule has 0 spiro atoms. The molecule has 5 nitrogen and oxygen atoms in total. The van der Waals surface area contributed by atoms with Gasteiger partial charge in [0.15, 0.2) is 5.96 Å². The monoisotopic (exact) mass is 480 g/mol. The van der Waals surface area contributed by atoms with Gasteiger partial charge < -0.3 is 20.3 Å². The second-order valence-electron chi connectivity index (χ2n) is 6.92. The molecule has 2 N–H and O–H groups in total. The van der Waals surface area contributed by atoms with Crippen molar-refractivity contribution in [2.24, 2.45) is 4.99 Å². The van der Waals surface area contributed by atoms with E-state index < -0.39 is 0 Å². The summed E-state index contributed by atoms with van der Waals surface area (Å²) in [5, 5.41) is 6.75. The summed E-state index contributed by atoms with van der Waals surface area (Å²) in [6, 6.07) is 16.9. The molecule has 146 valence electrons. The van der Waals surface area contributed by atoms with Crippen molar-refractivity contribution in [3.05, 3.63) is 65.2 Å². The summed E-state index contributed by atoms with van der Waals surface area (Å²) in [4.78, 5) is 6.49. The van der Waals surface area contributed by atoms with E-state index in [4.69, 9.17) is 4.74 Å². The summed E-state index contributed by atoms with van der Waals surface area (Å²) in [5.74, 6) is 1.79. The topological polar surface area (TPSA) is 48.9 Å². The highest BCUT2D eigenvalue weighted by Crippen LogP contribution is 2.27. The van der Waals surface area contributed by atoms with Crippen molar-refractivity contribution in [3.8, 4) is 5.75 Å². The van der Waals surface area contributed by atoms with Crippen molar-refractivity contribution < 1.29 is 4.74 Å². The first kappa shape index (κ1) is 21.5. The third-order valence-corrected chi connectivity index (χ3v) is 4.38. The molecule has 2 aromatic carbocycles. The lowest BCUT2D eigenvalue weighted by atomic mass is 10.1. The van der Waals surface area contributed by atoms with Gasteiger partial charge in [0.1, 0.15) is 11.9 Å². The number of ether oxygens (including phenoxy) is 1. The fraction of sp³-hybridized carbons (Fsp3) is 0.381. The quantitative estimate of drug-likeness (QED) is 0.379. The number of halogens is 1. The Morgan fingerprint density at radius 1 is 1.11 bits per heavy atom. The summed E-state index contributed by atoms with van der Waals surface area (Å²) in [7, 11) is 5.96. The lowest BCUT2D eigenvalue weighted by molar-refractivity contribution is 0.235. The van der Waals surface area contributed by atoms with Crippen LogP contribution in [-0.2, 0) is 19.5 Å². The molecule has 1 aliphatic heterocycles. The molecule has 0 aromatic heterocycles. The van der Waals surface area contributed by atoms with Gasteiger partial charge in [0, 0.05) is 26.6 Å². The van der Waals surface area contributed by atoms with Crippen molar-refractivity contribution in [2.75, 3.05) is 27.7 Å². The van der Waals surface area contributed by atoms with Crippen LogP contribution in [0.1, 0.15) is 16.7 Å². The zero-order valence-corrected chi connectivity index (χ0v) is 18.6. The maximum absolute atomic E-state index is 5.97. The van der Waals surface area contributed by atoms with Gasteiger partial charge in [-0.25, -0.2) is 0 Å². The van der Waals surface area contributed by atoms with Crippen molar-refractivity contribution in [2.45, 2.75) is 25.6 Å². The van der Waals surface area contributed by atoms with E-state index >= 15 is 0 Å². The second-order valence-corrected chi connectivity index (χ2v) is 6.92. The minimum Gasteiger partial charge on any atom is -0.488 e. The molecule has 0 saturated heterocycles. The Kier molecular flexibility index (Phi) is 8.37. The first-order valence-electron chi connectivity index (χ1n) is 9.05. The Morgan fingerprint density at radius 3 is 2.63 bits per heavy atom. The molecule has 0 fully saturated rings. The van der Waals surface area contributed by atoms with E-state index in [1.807, 2.05) is 12.1 Å². The predicted octanol–water partition coefficient (Wildman–Crippen LogP) is 3.03. The minimum absolute atomic E-state index is 0. The fourth-order valence-electron chi connectivity index (χ4n) is 3.19. The van der Waals surface area contributed by atoms with Gasteiger partial charge in [-0.05, 0) is 36.9 Å². The maximum Gasteiger partial charge on any atom is 0.191 e. The van der Waals surface area contributed by atoms with Gasteiger partial charge in [0.05, 0.1) is 6.54 Å². The molecule has 27 heavy (non-hydrogen) atoms. The molecule has 0 aliphatic carbocycles. The van der Waals surface area contributed by atoms with Crippen LogP contribution in [0.25, 0.3) is 0 Å². The van der Waals surface area contributed by atoms with Gasteiger partial charge in [-0.15, -0.1) is 24.0 Å². The van der Waals surface area contributed by atoms with E-state index in [-0.39, 0.29) is 30.1 Å². The van der Waals surface area contributed by atoms with Gasteiger partial charge in [0.2, 0.25) is 0 Å². The number of nitrogens with one attached hydrogen (secondary N) is 2. The Bertz CT molecular complexity index is 738. The molecule has 0 bridgehead atoms. The van der Waals surface area contributed by atoms with E-state index in [2.05, 4.69) is 71.0 Å². The molecule has 6 heteroatoms. The number of benzene rings is 2. The molecular formula is C21H29IN4O. The average molecular weight is 480 g/mol.